The fraction of sp³-hybridized carbons (Fsp3) is 0.300. The molecular weight excluding hydrogens is 222 g/mol. The SMILES string of the molecule is Nc1ncnc2c1ncn2C1C=C[C@H](O)[C@H]1O. The van der Waals surface area contributed by atoms with Gasteiger partial charge in [0, 0.05) is 0 Å². The highest BCUT2D eigenvalue weighted by Gasteiger charge is 2.30. The highest BCUT2D eigenvalue weighted by atomic mass is 16.3. The zero-order valence-electron chi connectivity index (χ0n) is 8.80. The van der Waals surface area contributed by atoms with Crippen molar-refractivity contribution in [1.29, 1.82) is 0 Å². The second-order valence-corrected chi connectivity index (χ2v) is 3.94. The van der Waals surface area contributed by atoms with Crippen LogP contribution in [0, 0.1) is 0 Å². The molecule has 7 nitrogen and oxygen atoms in total. The predicted octanol–water partition coefficient (Wildman–Crippen LogP) is -0.759. The van der Waals surface area contributed by atoms with Crippen LogP contribution in [0.25, 0.3) is 11.2 Å². The minimum Gasteiger partial charge on any atom is -0.388 e. The van der Waals surface area contributed by atoms with Crippen LogP contribution in [-0.4, -0.2) is 41.9 Å². The van der Waals surface area contributed by atoms with Gasteiger partial charge in [0.05, 0.1) is 12.4 Å². The molecule has 0 bridgehead atoms. The number of aliphatic hydroxyl groups excluding tert-OH is 2. The third-order valence-corrected chi connectivity index (χ3v) is 2.91. The van der Waals surface area contributed by atoms with Crippen LogP contribution in [0.5, 0.6) is 0 Å². The Morgan fingerprint density at radius 1 is 1.18 bits per heavy atom. The summed E-state index contributed by atoms with van der Waals surface area (Å²) in [4.78, 5) is 12.0. The largest absolute Gasteiger partial charge is 0.388 e. The molecule has 0 saturated carbocycles. The van der Waals surface area contributed by atoms with E-state index in [1.54, 1.807) is 16.7 Å². The van der Waals surface area contributed by atoms with Gasteiger partial charge in [0.2, 0.25) is 0 Å². The summed E-state index contributed by atoms with van der Waals surface area (Å²) in [6.07, 6.45) is 4.38. The number of nitrogens with two attached hydrogens (primary N) is 1. The normalized spacial score (nSPS) is 28.0. The van der Waals surface area contributed by atoms with Gasteiger partial charge < -0.3 is 20.5 Å². The standard InChI is InChI=1S/C10H11N5O2/c11-9-7-10(13-3-12-9)15(4-14-7)5-1-2-6(16)8(5)17/h1-6,8,16-17H,(H2,11,12,13)/t5?,6-,8-/m0/s1. The van der Waals surface area contributed by atoms with E-state index >= 15 is 0 Å². The topological polar surface area (TPSA) is 110 Å². The van der Waals surface area contributed by atoms with Crippen molar-refractivity contribution < 1.29 is 10.2 Å². The smallest absolute Gasteiger partial charge is 0.166 e. The minimum atomic E-state index is -0.899. The molecule has 2 aromatic rings. The first-order chi connectivity index (χ1) is 8.18. The van der Waals surface area contributed by atoms with E-state index in [2.05, 4.69) is 15.0 Å². The van der Waals surface area contributed by atoms with E-state index in [1.165, 1.54) is 12.7 Å². The number of hydrogen-bond donors (Lipinski definition) is 3. The fourth-order valence-electron chi connectivity index (χ4n) is 2.00. The highest BCUT2D eigenvalue weighted by molar-refractivity contribution is 5.81. The van der Waals surface area contributed by atoms with Crippen molar-refractivity contribution in [1.82, 2.24) is 19.5 Å². The molecule has 0 saturated heterocycles. The molecule has 1 unspecified atom stereocenters. The van der Waals surface area contributed by atoms with Crippen molar-refractivity contribution in [2.75, 3.05) is 5.73 Å². The van der Waals surface area contributed by atoms with Crippen molar-refractivity contribution in [3.05, 3.63) is 24.8 Å². The molecule has 7 heteroatoms. The number of imidazole rings is 1. The molecular formula is C10H11N5O2. The van der Waals surface area contributed by atoms with Crippen LogP contribution < -0.4 is 5.73 Å². The van der Waals surface area contributed by atoms with Gasteiger partial charge in [-0.05, 0) is 0 Å². The zero-order valence-corrected chi connectivity index (χ0v) is 8.80. The Hall–Kier alpha value is -1.99. The zero-order chi connectivity index (χ0) is 12.0. The highest BCUT2D eigenvalue weighted by Crippen LogP contribution is 2.27. The molecule has 2 heterocycles. The first-order valence-corrected chi connectivity index (χ1v) is 5.16. The molecule has 0 aliphatic heterocycles. The number of anilines is 1. The Morgan fingerprint density at radius 2 is 2.00 bits per heavy atom. The minimum absolute atomic E-state index is 0.297. The van der Waals surface area contributed by atoms with E-state index in [1.807, 2.05) is 0 Å². The summed E-state index contributed by atoms with van der Waals surface area (Å²) in [5.74, 6) is 0.297. The van der Waals surface area contributed by atoms with Crippen LogP contribution in [0.4, 0.5) is 5.82 Å². The van der Waals surface area contributed by atoms with Crippen LogP contribution in [-0.2, 0) is 0 Å². The van der Waals surface area contributed by atoms with Crippen molar-refractivity contribution in [3.63, 3.8) is 0 Å². The van der Waals surface area contributed by atoms with Crippen LogP contribution in [0.2, 0.25) is 0 Å². The van der Waals surface area contributed by atoms with Gasteiger partial charge in [0.1, 0.15) is 24.1 Å². The molecule has 4 N–H and O–H groups in total. The van der Waals surface area contributed by atoms with Gasteiger partial charge in [-0.25, -0.2) is 15.0 Å². The summed E-state index contributed by atoms with van der Waals surface area (Å²) in [7, 11) is 0. The Bertz CT molecular complexity index is 593. The third kappa shape index (κ3) is 1.40. The molecule has 2 aromatic heterocycles. The molecule has 3 rings (SSSR count). The van der Waals surface area contributed by atoms with Gasteiger partial charge in [-0.2, -0.15) is 0 Å². The Morgan fingerprint density at radius 3 is 2.71 bits per heavy atom. The van der Waals surface area contributed by atoms with Crippen LogP contribution in [0.3, 0.4) is 0 Å². The Balaban J connectivity index is 2.13. The fourth-order valence-corrected chi connectivity index (χ4v) is 2.00. The predicted molar refractivity (Wildman–Crippen MR) is 59.9 cm³/mol. The lowest BCUT2D eigenvalue weighted by Gasteiger charge is -2.18. The molecule has 1 aliphatic rings. The second-order valence-electron chi connectivity index (χ2n) is 3.94. The van der Waals surface area contributed by atoms with E-state index in [-0.39, 0.29) is 6.04 Å². The van der Waals surface area contributed by atoms with Gasteiger partial charge in [-0.3, -0.25) is 0 Å². The number of rotatable bonds is 1. The van der Waals surface area contributed by atoms with Gasteiger partial charge in [0.15, 0.2) is 11.5 Å². The van der Waals surface area contributed by atoms with Crippen molar-refractivity contribution in [2.24, 2.45) is 0 Å². The van der Waals surface area contributed by atoms with E-state index in [4.69, 9.17) is 5.73 Å². The summed E-state index contributed by atoms with van der Waals surface area (Å²) >= 11 is 0. The second kappa shape index (κ2) is 3.51. The lowest BCUT2D eigenvalue weighted by atomic mass is 10.2. The Kier molecular flexibility index (Phi) is 2.10. The van der Waals surface area contributed by atoms with Crippen LogP contribution >= 0.6 is 0 Å². The maximum absolute atomic E-state index is 9.82. The maximum atomic E-state index is 9.82. The van der Waals surface area contributed by atoms with E-state index in [9.17, 15) is 10.2 Å². The number of nitrogen functional groups attached to an aromatic ring is 1. The number of aliphatic hydroxyl groups is 2. The van der Waals surface area contributed by atoms with Crippen molar-refractivity contribution >= 4 is 17.0 Å². The quantitative estimate of drug-likeness (QED) is 0.558. The lowest BCUT2D eigenvalue weighted by Crippen LogP contribution is -2.27. The van der Waals surface area contributed by atoms with Gasteiger partial charge in [-0.1, -0.05) is 12.2 Å². The summed E-state index contributed by atoms with van der Waals surface area (Å²) in [5.41, 5.74) is 6.71. The average molecular weight is 233 g/mol. The number of nitrogens with zero attached hydrogens (tertiary/aromatic N) is 4. The van der Waals surface area contributed by atoms with Crippen molar-refractivity contribution in [3.8, 4) is 0 Å². The van der Waals surface area contributed by atoms with E-state index < -0.39 is 12.2 Å². The first kappa shape index (κ1) is 10.2. The molecule has 0 spiro atoms. The summed E-state index contributed by atoms with van der Waals surface area (Å²) in [6, 6.07) is -0.385. The van der Waals surface area contributed by atoms with E-state index in [0.29, 0.717) is 17.0 Å². The molecule has 88 valence electrons. The number of aromatic nitrogens is 4. The van der Waals surface area contributed by atoms with Gasteiger partial charge >= 0.3 is 0 Å². The van der Waals surface area contributed by atoms with E-state index in [0.717, 1.165) is 0 Å². The number of hydrogen-bond acceptors (Lipinski definition) is 6. The molecule has 0 radical (unpaired) electrons. The average Bonchev–Trinajstić information content (AvgIpc) is 2.86. The third-order valence-electron chi connectivity index (χ3n) is 2.91. The van der Waals surface area contributed by atoms with Crippen LogP contribution in [0.1, 0.15) is 6.04 Å². The molecule has 17 heavy (non-hydrogen) atoms. The maximum Gasteiger partial charge on any atom is 0.166 e. The number of fused-ring (bicyclic) bond motifs is 1. The monoisotopic (exact) mass is 233 g/mol. The van der Waals surface area contributed by atoms with Gasteiger partial charge in [-0.15, -0.1) is 0 Å². The molecule has 1 aliphatic carbocycles. The molecule has 3 atom stereocenters. The molecule has 0 amide bonds. The summed E-state index contributed by atoms with van der Waals surface area (Å²) in [6.45, 7) is 0. The van der Waals surface area contributed by atoms with Crippen LogP contribution in [0.15, 0.2) is 24.8 Å². The van der Waals surface area contributed by atoms with Crippen molar-refractivity contribution in [2.45, 2.75) is 18.2 Å². The Labute approximate surface area is 96.2 Å². The summed E-state index contributed by atoms with van der Waals surface area (Å²) in [5, 5.41) is 19.3. The molecule has 0 aromatic carbocycles. The summed E-state index contributed by atoms with van der Waals surface area (Å²) < 4.78 is 1.67. The lowest BCUT2D eigenvalue weighted by molar-refractivity contribution is 0.0375. The van der Waals surface area contributed by atoms with Gasteiger partial charge in [0.25, 0.3) is 0 Å². The molecule has 0 fully saturated rings. The first-order valence-electron chi connectivity index (χ1n) is 5.16.